The van der Waals surface area contributed by atoms with E-state index in [-0.39, 0.29) is 0 Å². The third kappa shape index (κ3) is 2.62. The number of aryl methyl sites for hydroxylation is 2. The van der Waals surface area contributed by atoms with Crippen molar-refractivity contribution in [2.45, 2.75) is 20.3 Å². The third-order valence-electron chi connectivity index (χ3n) is 2.86. The largest absolute Gasteiger partial charge is 0.329 e. The second-order valence-electron chi connectivity index (χ2n) is 4.16. The Hall–Kier alpha value is -1.61. The molecule has 1 aromatic heterocycles. The number of halogens is 1. The van der Waals surface area contributed by atoms with E-state index in [0.29, 0.717) is 5.15 Å². The Labute approximate surface area is 112 Å². The molecule has 0 amide bonds. The van der Waals surface area contributed by atoms with E-state index >= 15 is 0 Å². The maximum Gasteiger partial charge on any atom is 0.137 e. The van der Waals surface area contributed by atoms with Crippen molar-refractivity contribution in [3.05, 3.63) is 46.9 Å². The molecule has 0 aliphatic rings. The highest BCUT2D eigenvalue weighted by Gasteiger charge is 2.10. The molecular weight excluding hydrogens is 246 g/mol. The fourth-order valence-corrected chi connectivity index (χ4v) is 2.04. The molecule has 1 aromatic carbocycles. The molecule has 3 nitrogen and oxygen atoms in total. The SMILES string of the molecule is CCc1nc(Cl)cc(N(C)c2ccccc2C)n1. The van der Waals surface area contributed by atoms with Crippen LogP contribution in [0, 0.1) is 6.92 Å². The van der Waals surface area contributed by atoms with Gasteiger partial charge in [-0.15, -0.1) is 0 Å². The van der Waals surface area contributed by atoms with Crippen molar-refractivity contribution in [1.82, 2.24) is 9.97 Å². The van der Waals surface area contributed by atoms with Crippen LogP contribution in [-0.4, -0.2) is 17.0 Å². The van der Waals surface area contributed by atoms with Crippen LogP contribution in [0.1, 0.15) is 18.3 Å². The number of nitrogens with zero attached hydrogens (tertiary/aromatic N) is 3. The van der Waals surface area contributed by atoms with Crippen LogP contribution in [0.5, 0.6) is 0 Å². The van der Waals surface area contributed by atoms with Crippen molar-refractivity contribution in [1.29, 1.82) is 0 Å². The van der Waals surface area contributed by atoms with Crippen LogP contribution in [0.2, 0.25) is 5.15 Å². The van der Waals surface area contributed by atoms with Gasteiger partial charge in [-0.1, -0.05) is 36.7 Å². The van der Waals surface area contributed by atoms with Crippen molar-refractivity contribution in [3.63, 3.8) is 0 Å². The van der Waals surface area contributed by atoms with E-state index in [9.17, 15) is 0 Å². The third-order valence-corrected chi connectivity index (χ3v) is 3.06. The lowest BCUT2D eigenvalue weighted by Gasteiger charge is -2.20. The van der Waals surface area contributed by atoms with Crippen molar-refractivity contribution < 1.29 is 0 Å². The summed E-state index contributed by atoms with van der Waals surface area (Å²) >= 11 is 6.02. The zero-order valence-corrected chi connectivity index (χ0v) is 11.6. The minimum atomic E-state index is 0.484. The molecule has 1 heterocycles. The van der Waals surface area contributed by atoms with Gasteiger partial charge in [-0.2, -0.15) is 0 Å². The molecule has 0 aliphatic heterocycles. The summed E-state index contributed by atoms with van der Waals surface area (Å²) in [5, 5.41) is 0.484. The molecule has 2 rings (SSSR count). The molecule has 18 heavy (non-hydrogen) atoms. The summed E-state index contributed by atoms with van der Waals surface area (Å²) < 4.78 is 0. The number of hydrogen-bond acceptors (Lipinski definition) is 3. The summed E-state index contributed by atoms with van der Waals surface area (Å²) in [6.07, 6.45) is 0.773. The van der Waals surface area contributed by atoms with Gasteiger partial charge < -0.3 is 4.90 Å². The Morgan fingerprint density at radius 3 is 2.61 bits per heavy atom. The molecular formula is C14H16ClN3. The van der Waals surface area contributed by atoms with Crippen molar-refractivity contribution in [2.24, 2.45) is 0 Å². The number of anilines is 2. The first kappa shape index (κ1) is 12.8. The molecule has 2 aromatic rings. The monoisotopic (exact) mass is 261 g/mol. The van der Waals surface area contributed by atoms with Crippen LogP contribution in [0.25, 0.3) is 0 Å². The fourth-order valence-electron chi connectivity index (χ4n) is 1.84. The summed E-state index contributed by atoms with van der Waals surface area (Å²) in [6, 6.07) is 9.97. The number of para-hydroxylation sites is 1. The number of rotatable bonds is 3. The van der Waals surface area contributed by atoms with E-state index in [0.717, 1.165) is 23.8 Å². The lowest BCUT2D eigenvalue weighted by molar-refractivity contribution is 0.925. The Bertz CT molecular complexity index is 554. The Morgan fingerprint density at radius 1 is 1.22 bits per heavy atom. The van der Waals surface area contributed by atoms with Crippen molar-refractivity contribution in [3.8, 4) is 0 Å². The zero-order valence-electron chi connectivity index (χ0n) is 10.8. The first-order valence-electron chi connectivity index (χ1n) is 5.94. The standard InChI is InChI=1S/C14H16ClN3/c1-4-13-16-12(15)9-14(17-13)18(3)11-8-6-5-7-10(11)2/h5-9H,4H2,1-3H3. The number of hydrogen-bond donors (Lipinski definition) is 0. The predicted molar refractivity (Wildman–Crippen MR) is 75.7 cm³/mol. The Balaban J connectivity index is 2.43. The fraction of sp³-hybridized carbons (Fsp3) is 0.286. The minimum absolute atomic E-state index is 0.484. The highest BCUT2D eigenvalue weighted by molar-refractivity contribution is 6.29. The van der Waals surface area contributed by atoms with E-state index in [1.165, 1.54) is 5.56 Å². The van der Waals surface area contributed by atoms with E-state index in [4.69, 9.17) is 11.6 Å². The van der Waals surface area contributed by atoms with Crippen molar-refractivity contribution in [2.75, 3.05) is 11.9 Å². The molecule has 0 N–H and O–H groups in total. The number of benzene rings is 1. The van der Waals surface area contributed by atoms with Gasteiger partial charge in [0.15, 0.2) is 0 Å². The smallest absolute Gasteiger partial charge is 0.137 e. The molecule has 0 bridgehead atoms. The summed E-state index contributed by atoms with van der Waals surface area (Å²) in [6.45, 7) is 4.10. The maximum absolute atomic E-state index is 6.02. The van der Waals surface area contributed by atoms with Crippen LogP contribution in [0.15, 0.2) is 30.3 Å². The molecule has 0 radical (unpaired) electrons. The van der Waals surface area contributed by atoms with Gasteiger partial charge in [0.2, 0.25) is 0 Å². The predicted octanol–water partition coefficient (Wildman–Crippen LogP) is 3.77. The molecule has 0 saturated heterocycles. The molecule has 0 spiro atoms. The summed E-state index contributed by atoms with van der Waals surface area (Å²) in [7, 11) is 1.99. The first-order chi connectivity index (χ1) is 8.61. The summed E-state index contributed by atoms with van der Waals surface area (Å²) in [5.41, 5.74) is 2.32. The van der Waals surface area contributed by atoms with Gasteiger partial charge >= 0.3 is 0 Å². The molecule has 0 saturated carbocycles. The summed E-state index contributed by atoms with van der Waals surface area (Å²) in [4.78, 5) is 10.7. The van der Waals surface area contributed by atoms with E-state index in [1.54, 1.807) is 6.07 Å². The second kappa shape index (κ2) is 5.36. The van der Waals surface area contributed by atoms with Crippen LogP contribution in [0.3, 0.4) is 0 Å². The molecule has 0 atom stereocenters. The molecule has 4 heteroatoms. The van der Waals surface area contributed by atoms with E-state index in [2.05, 4.69) is 29.0 Å². The highest BCUT2D eigenvalue weighted by atomic mass is 35.5. The lowest BCUT2D eigenvalue weighted by Crippen LogP contribution is -2.13. The van der Waals surface area contributed by atoms with E-state index in [1.807, 2.05) is 31.0 Å². The quantitative estimate of drug-likeness (QED) is 0.788. The topological polar surface area (TPSA) is 29.0 Å². The van der Waals surface area contributed by atoms with Gasteiger partial charge in [0.1, 0.15) is 16.8 Å². The van der Waals surface area contributed by atoms with Crippen molar-refractivity contribution >= 4 is 23.1 Å². The van der Waals surface area contributed by atoms with Crippen LogP contribution in [0.4, 0.5) is 11.5 Å². The molecule has 0 unspecified atom stereocenters. The maximum atomic E-state index is 6.02. The van der Waals surface area contributed by atoms with Crippen LogP contribution < -0.4 is 4.90 Å². The van der Waals surface area contributed by atoms with Gasteiger partial charge in [0, 0.05) is 25.2 Å². The Kier molecular flexibility index (Phi) is 3.82. The molecule has 0 aliphatic carbocycles. The normalized spacial score (nSPS) is 10.4. The molecule has 94 valence electrons. The highest BCUT2D eigenvalue weighted by Crippen LogP contribution is 2.26. The van der Waals surface area contributed by atoms with Gasteiger partial charge in [-0.3, -0.25) is 0 Å². The van der Waals surface area contributed by atoms with Gasteiger partial charge in [0.05, 0.1) is 0 Å². The second-order valence-corrected chi connectivity index (χ2v) is 4.55. The summed E-state index contributed by atoms with van der Waals surface area (Å²) in [5.74, 6) is 1.58. The minimum Gasteiger partial charge on any atom is -0.329 e. The average Bonchev–Trinajstić information content (AvgIpc) is 2.37. The van der Waals surface area contributed by atoms with Gasteiger partial charge in [0.25, 0.3) is 0 Å². The lowest BCUT2D eigenvalue weighted by atomic mass is 10.2. The Morgan fingerprint density at radius 2 is 1.94 bits per heavy atom. The zero-order chi connectivity index (χ0) is 13.1. The van der Waals surface area contributed by atoms with Crippen LogP contribution >= 0.6 is 11.6 Å². The van der Waals surface area contributed by atoms with E-state index < -0.39 is 0 Å². The van der Waals surface area contributed by atoms with Gasteiger partial charge in [-0.05, 0) is 18.6 Å². The van der Waals surface area contributed by atoms with Gasteiger partial charge in [-0.25, -0.2) is 9.97 Å². The van der Waals surface area contributed by atoms with Crippen LogP contribution in [-0.2, 0) is 6.42 Å². The first-order valence-corrected chi connectivity index (χ1v) is 6.32. The molecule has 0 fully saturated rings. The number of aromatic nitrogens is 2. The average molecular weight is 262 g/mol.